The lowest BCUT2D eigenvalue weighted by molar-refractivity contribution is 0.396. The molecule has 2 nitrogen and oxygen atoms in total. The second-order valence-electron chi connectivity index (χ2n) is 5.28. The minimum absolute atomic E-state index is 1.04. The molecule has 0 spiro atoms. The fraction of sp³-hybridized carbons (Fsp3) is 1.00. The Morgan fingerprint density at radius 3 is 2.36 bits per heavy atom. The summed E-state index contributed by atoms with van der Waals surface area (Å²) in [6, 6.07) is 0. The van der Waals surface area contributed by atoms with Crippen LogP contribution in [0.1, 0.15) is 25.7 Å². The topological polar surface area (TPSA) is 15.3 Å². The van der Waals surface area contributed by atoms with Crippen LogP contribution < -0.4 is 5.32 Å². The molecule has 0 saturated heterocycles. The molecule has 2 saturated carbocycles. The van der Waals surface area contributed by atoms with Crippen LogP contribution in [-0.2, 0) is 0 Å². The summed E-state index contributed by atoms with van der Waals surface area (Å²) in [6.45, 7) is 3.61. The molecule has 0 aromatic heterocycles. The average molecular weight is 196 g/mol. The SMILES string of the molecule is CN(C)CCNCC1C2CCCCC21. The fourth-order valence-electron chi connectivity index (χ4n) is 3.01. The second kappa shape index (κ2) is 4.63. The monoisotopic (exact) mass is 196 g/mol. The first-order chi connectivity index (χ1) is 6.79. The van der Waals surface area contributed by atoms with E-state index < -0.39 is 0 Å². The summed E-state index contributed by atoms with van der Waals surface area (Å²) < 4.78 is 0. The van der Waals surface area contributed by atoms with E-state index in [0.717, 1.165) is 24.3 Å². The van der Waals surface area contributed by atoms with Crippen molar-refractivity contribution in [1.29, 1.82) is 0 Å². The van der Waals surface area contributed by atoms with Gasteiger partial charge in [0.15, 0.2) is 0 Å². The van der Waals surface area contributed by atoms with Crippen LogP contribution >= 0.6 is 0 Å². The molecule has 0 aromatic carbocycles. The molecular weight excluding hydrogens is 172 g/mol. The van der Waals surface area contributed by atoms with E-state index in [1.807, 2.05) is 0 Å². The molecule has 0 bridgehead atoms. The number of hydrogen-bond donors (Lipinski definition) is 1. The van der Waals surface area contributed by atoms with Gasteiger partial charge in [-0.1, -0.05) is 12.8 Å². The molecule has 2 rings (SSSR count). The van der Waals surface area contributed by atoms with Crippen molar-refractivity contribution < 1.29 is 0 Å². The number of nitrogens with zero attached hydrogens (tertiary/aromatic N) is 1. The van der Waals surface area contributed by atoms with Crippen LogP contribution in [0.2, 0.25) is 0 Å². The van der Waals surface area contributed by atoms with Crippen LogP contribution in [-0.4, -0.2) is 38.6 Å². The van der Waals surface area contributed by atoms with E-state index in [2.05, 4.69) is 24.3 Å². The molecule has 0 amide bonds. The highest BCUT2D eigenvalue weighted by Gasteiger charge is 2.49. The zero-order valence-electron chi connectivity index (χ0n) is 9.63. The first-order valence-electron chi connectivity index (χ1n) is 6.14. The van der Waals surface area contributed by atoms with Gasteiger partial charge in [-0.3, -0.25) is 0 Å². The van der Waals surface area contributed by atoms with Gasteiger partial charge in [0.2, 0.25) is 0 Å². The first-order valence-corrected chi connectivity index (χ1v) is 6.14. The number of nitrogens with one attached hydrogen (secondary N) is 1. The Balaban J connectivity index is 1.55. The van der Waals surface area contributed by atoms with Crippen molar-refractivity contribution in [3.8, 4) is 0 Å². The Bertz CT molecular complexity index is 167. The molecule has 2 heteroatoms. The molecule has 2 atom stereocenters. The van der Waals surface area contributed by atoms with Gasteiger partial charge in [0.1, 0.15) is 0 Å². The van der Waals surface area contributed by atoms with Crippen LogP contribution in [0.15, 0.2) is 0 Å². The van der Waals surface area contributed by atoms with Gasteiger partial charge in [-0.05, 0) is 51.2 Å². The third-order valence-electron chi connectivity index (χ3n) is 3.95. The molecule has 2 aliphatic rings. The highest BCUT2D eigenvalue weighted by molar-refractivity contribution is 4.99. The summed E-state index contributed by atoms with van der Waals surface area (Å²) in [5.74, 6) is 3.26. The summed E-state index contributed by atoms with van der Waals surface area (Å²) in [5.41, 5.74) is 0. The highest BCUT2D eigenvalue weighted by atomic mass is 15.1. The van der Waals surface area contributed by atoms with Crippen molar-refractivity contribution in [2.75, 3.05) is 33.7 Å². The molecule has 0 aromatic rings. The Morgan fingerprint density at radius 2 is 1.79 bits per heavy atom. The van der Waals surface area contributed by atoms with E-state index in [1.165, 1.54) is 38.8 Å². The molecule has 2 unspecified atom stereocenters. The van der Waals surface area contributed by atoms with Crippen molar-refractivity contribution in [1.82, 2.24) is 10.2 Å². The van der Waals surface area contributed by atoms with Crippen molar-refractivity contribution in [3.05, 3.63) is 0 Å². The zero-order chi connectivity index (χ0) is 9.97. The van der Waals surface area contributed by atoms with Crippen LogP contribution in [0.5, 0.6) is 0 Å². The Hall–Kier alpha value is -0.0800. The van der Waals surface area contributed by atoms with Gasteiger partial charge in [-0.15, -0.1) is 0 Å². The number of rotatable bonds is 5. The van der Waals surface area contributed by atoms with Gasteiger partial charge in [0.05, 0.1) is 0 Å². The minimum Gasteiger partial charge on any atom is -0.315 e. The van der Waals surface area contributed by atoms with Gasteiger partial charge in [0, 0.05) is 13.1 Å². The second-order valence-corrected chi connectivity index (χ2v) is 5.28. The quantitative estimate of drug-likeness (QED) is 0.672. The summed E-state index contributed by atoms with van der Waals surface area (Å²) in [5, 5.41) is 3.59. The van der Waals surface area contributed by atoms with E-state index in [0.29, 0.717) is 0 Å². The smallest absolute Gasteiger partial charge is 0.0101 e. The highest BCUT2D eigenvalue weighted by Crippen LogP contribution is 2.54. The summed E-state index contributed by atoms with van der Waals surface area (Å²) in [4.78, 5) is 2.24. The molecule has 0 radical (unpaired) electrons. The van der Waals surface area contributed by atoms with Crippen LogP contribution in [0, 0.1) is 17.8 Å². The zero-order valence-corrected chi connectivity index (χ0v) is 9.63. The van der Waals surface area contributed by atoms with E-state index in [9.17, 15) is 0 Å². The maximum atomic E-state index is 3.59. The maximum absolute atomic E-state index is 3.59. The van der Waals surface area contributed by atoms with Crippen LogP contribution in [0.4, 0.5) is 0 Å². The summed E-state index contributed by atoms with van der Waals surface area (Å²) in [6.07, 6.45) is 6.03. The molecule has 2 aliphatic carbocycles. The standard InChI is InChI=1S/C12H24N2/c1-14(2)8-7-13-9-12-10-5-3-4-6-11(10)12/h10-13H,3-9H2,1-2H3. The molecule has 0 heterocycles. The largest absolute Gasteiger partial charge is 0.315 e. The van der Waals surface area contributed by atoms with E-state index in [-0.39, 0.29) is 0 Å². The van der Waals surface area contributed by atoms with Crippen molar-refractivity contribution >= 4 is 0 Å². The maximum Gasteiger partial charge on any atom is 0.0101 e. The molecule has 1 N–H and O–H groups in total. The normalized spacial score (nSPS) is 35.8. The van der Waals surface area contributed by atoms with Gasteiger partial charge < -0.3 is 10.2 Å². The van der Waals surface area contributed by atoms with Gasteiger partial charge >= 0.3 is 0 Å². The van der Waals surface area contributed by atoms with Gasteiger partial charge in [0.25, 0.3) is 0 Å². The molecule has 82 valence electrons. The predicted molar refractivity (Wildman–Crippen MR) is 60.4 cm³/mol. The lowest BCUT2D eigenvalue weighted by atomic mass is 10.0. The fourth-order valence-corrected chi connectivity index (χ4v) is 3.01. The van der Waals surface area contributed by atoms with Gasteiger partial charge in [-0.2, -0.15) is 0 Å². The molecule has 14 heavy (non-hydrogen) atoms. The Kier molecular flexibility index (Phi) is 3.45. The summed E-state index contributed by atoms with van der Waals surface area (Å²) in [7, 11) is 4.27. The van der Waals surface area contributed by atoms with Gasteiger partial charge in [-0.25, -0.2) is 0 Å². The number of likely N-dealkylation sites (N-methyl/N-ethyl adjacent to an activating group) is 1. The van der Waals surface area contributed by atoms with Crippen molar-refractivity contribution in [3.63, 3.8) is 0 Å². The molecular formula is C12H24N2. The average Bonchev–Trinajstić information content (AvgIpc) is 2.86. The lowest BCUT2D eigenvalue weighted by Crippen LogP contribution is -2.28. The number of hydrogen-bond acceptors (Lipinski definition) is 2. The third kappa shape index (κ3) is 2.48. The predicted octanol–water partition coefficient (Wildman–Crippen LogP) is 1.57. The minimum atomic E-state index is 1.04. The lowest BCUT2D eigenvalue weighted by Gasteiger charge is -2.09. The molecule has 2 fully saturated rings. The summed E-state index contributed by atoms with van der Waals surface area (Å²) >= 11 is 0. The van der Waals surface area contributed by atoms with Crippen LogP contribution in [0.3, 0.4) is 0 Å². The van der Waals surface area contributed by atoms with E-state index >= 15 is 0 Å². The number of fused-ring (bicyclic) bond motifs is 1. The van der Waals surface area contributed by atoms with Crippen LogP contribution in [0.25, 0.3) is 0 Å². The van der Waals surface area contributed by atoms with Crippen molar-refractivity contribution in [2.24, 2.45) is 17.8 Å². The van der Waals surface area contributed by atoms with E-state index in [1.54, 1.807) is 0 Å². The molecule has 0 aliphatic heterocycles. The Morgan fingerprint density at radius 1 is 1.14 bits per heavy atom. The third-order valence-corrected chi connectivity index (χ3v) is 3.95. The Labute approximate surface area is 88.1 Å². The van der Waals surface area contributed by atoms with Crippen molar-refractivity contribution in [2.45, 2.75) is 25.7 Å². The van der Waals surface area contributed by atoms with E-state index in [4.69, 9.17) is 0 Å². The first kappa shape index (κ1) is 10.4.